The van der Waals surface area contributed by atoms with Crippen molar-refractivity contribution in [1.82, 2.24) is 4.98 Å². The first-order chi connectivity index (χ1) is 14.5. The molecular formula is C22H23N3O4S. The third-order valence-electron chi connectivity index (χ3n) is 4.20. The maximum atomic E-state index is 12.6. The van der Waals surface area contributed by atoms with Crippen molar-refractivity contribution in [1.29, 1.82) is 0 Å². The smallest absolute Gasteiger partial charge is 0.413 e. The van der Waals surface area contributed by atoms with E-state index < -0.39 is 6.09 Å². The highest BCUT2D eigenvalue weighted by molar-refractivity contribution is 7.09. The zero-order valence-electron chi connectivity index (χ0n) is 17.0. The average molecular weight is 426 g/mol. The van der Waals surface area contributed by atoms with Gasteiger partial charge in [-0.05, 0) is 56.3 Å². The van der Waals surface area contributed by atoms with Gasteiger partial charge in [0.25, 0.3) is 5.91 Å². The Labute approximate surface area is 179 Å². The number of rotatable bonds is 7. The summed E-state index contributed by atoms with van der Waals surface area (Å²) >= 11 is 1.57. The maximum Gasteiger partial charge on any atom is 0.413 e. The van der Waals surface area contributed by atoms with Crippen LogP contribution in [0.25, 0.3) is 0 Å². The molecule has 1 heterocycles. The van der Waals surface area contributed by atoms with Crippen LogP contribution in [0.4, 0.5) is 16.2 Å². The second kappa shape index (κ2) is 9.89. The SMILES string of the molecule is CCOC(=O)N(C)c1ccc(NC(=O)c2cccc(OCc3csc(C)n3)c2)cc1. The van der Waals surface area contributed by atoms with Crippen LogP contribution in [0.3, 0.4) is 0 Å². The van der Waals surface area contributed by atoms with Crippen LogP contribution < -0.4 is 15.0 Å². The van der Waals surface area contributed by atoms with E-state index >= 15 is 0 Å². The number of aromatic nitrogens is 1. The molecule has 156 valence electrons. The van der Waals surface area contributed by atoms with Gasteiger partial charge in [0.1, 0.15) is 12.4 Å². The van der Waals surface area contributed by atoms with Crippen LogP contribution in [0, 0.1) is 6.92 Å². The van der Waals surface area contributed by atoms with Gasteiger partial charge in [0, 0.05) is 29.4 Å². The van der Waals surface area contributed by atoms with Gasteiger partial charge in [-0.15, -0.1) is 11.3 Å². The number of benzene rings is 2. The fourth-order valence-corrected chi connectivity index (χ4v) is 3.25. The number of carbonyl (C=O) groups is 2. The van der Waals surface area contributed by atoms with Crippen molar-refractivity contribution < 1.29 is 19.1 Å². The number of anilines is 2. The van der Waals surface area contributed by atoms with Gasteiger partial charge in [-0.3, -0.25) is 9.69 Å². The van der Waals surface area contributed by atoms with Crippen molar-refractivity contribution >= 4 is 34.7 Å². The number of thiazole rings is 1. The lowest BCUT2D eigenvalue weighted by Gasteiger charge is -2.17. The fourth-order valence-electron chi connectivity index (χ4n) is 2.66. The lowest BCUT2D eigenvalue weighted by Crippen LogP contribution is -2.26. The van der Waals surface area contributed by atoms with Gasteiger partial charge in [-0.2, -0.15) is 0 Å². The molecule has 0 bridgehead atoms. The van der Waals surface area contributed by atoms with Gasteiger partial charge in [-0.25, -0.2) is 9.78 Å². The van der Waals surface area contributed by atoms with Gasteiger partial charge >= 0.3 is 6.09 Å². The molecule has 1 N–H and O–H groups in total. The summed E-state index contributed by atoms with van der Waals surface area (Å²) in [4.78, 5) is 30.1. The highest BCUT2D eigenvalue weighted by Crippen LogP contribution is 2.20. The Morgan fingerprint density at radius 3 is 2.60 bits per heavy atom. The summed E-state index contributed by atoms with van der Waals surface area (Å²) in [5.74, 6) is 0.344. The average Bonchev–Trinajstić information content (AvgIpc) is 3.18. The topological polar surface area (TPSA) is 80.8 Å². The van der Waals surface area contributed by atoms with Crippen LogP contribution in [0.2, 0.25) is 0 Å². The van der Waals surface area contributed by atoms with Crippen molar-refractivity contribution in [3.63, 3.8) is 0 Å². The third kappa shape index (κ3) is 5.57. The molecule has 1 aromatic heterocycles. The summed E-state index contributed by atoms with van der Waals surface area (Å²) in [6.07, 6.45) is -0.432. The van der Waals surface area contributed by atoms with Gasteiger partial charge in [-0.1, -0.05) is 6.07 Å². The summed E-state index contributed by atoms with van der Waals surface area (Å²) in [7, 11) is 1.63. The van der Waals surface area contributed by atoms with E-state index in [1.54, 1.807) is 73.8 Å². The van der Waals surface area contributed by atoms with Crippen LogP contribution in [0.15, 0.2) is 53.9 Å². The fraction of sp³-hybridized carbons (Fsp3) is 0.227. The number of ether oxygens (including phenoxy) is 2. The Hall–Kier alpha value is -3.39. The van der Waals surface area contributed by atoms with E-state index in [4.69, 9.17) is 9.47 Å². The molecule has 0 saturated carbocycles. The van der Waals surface area contributed by atoms with Gasteiger partial charge in [0.2, 0.25) is 0 Å². The summed E-state index contributed by atoms with van der Waals surface area (Å²) in [6.45, 7) is 4.36. The lowest BCUT2D eigenvalue weighted by atomic mass is 10.2. The van der Waals surface area contributed by atoms with Crippen LogP contribution >= 0.6 is 11.3 Å². The van der Waals surface area contributed by atoms with Crippen molar-refractivity contribution in [2.45, 2.75) is 20.5 Å². The zero-order valence-corrected chi connectivity index (χ0v) is 17.9. The van der Waals surface area contributed by atoms with Crippen molar-refractivity contribution in [3.05, 3.63) is 70.2 Å². The second-order valence-electron chi connectivity index (χ2n) is 6.43. The van der Waals surface area contributed by atoms with Crippen LogP contribution in [-0.2, 0) is 11.3 Å². The van der Waals surface area contributed by atoms with Gasteiger partial charge in [0.05, 0.1) is 17.3 Å². The quantitative estimate of drug-likeness (QED) is 0.584. The molecule has 0 unspecified atom stereocenters. The number of amides is 2. The second-order valence-corrected chi connectivity index (χ2v) is 7.50. The summed E-state index contributed by atoms with van der Waals surface area (Å²) in [6, 6.07) is 13.9. The monoisotopic (exact) mass is 425 g/mol. The van der Waals surface area contributed by atoms with Crippen molar-refractivity contribution in [2.24, 2.45) is 0 Å². The Morgan fingerprint density at radius 1 is 1.17 bits per heavy atom. The minimum absolute atomic E-state index is 0.253. The van der Waals surface area contributed by atoms with E-state index in [0.29, 0.717) is 35.9 Å². The molecule has 0 atom stereocenters. The minimum Gasteiger partial charge on any atom is -0.487 e. The maximum absolute atomic E-state index is 12.6. The number of hydrogen-bond acceptors (Lipinski definition) is 6. The van der Waals surface area contributed by atoms with E-state index in [1.807, 2.05) is 12.3 Å². The number of carbonyl (C=O) groups excluding carboxylic acids is 2. The molecule has 0 spiro atoms. The first-order valence-corrected chi connectivity index (χ1v) is 10.3. The number of nitrogens with zero attached hydrogens (tertiary/aromatic N) is 2. The first kappa shape index (κ1) is 21.3. The zero-order chi connectivity index (χ0) is 21.5. The molecule has 2 aromatic carbocycles. The van der Waals surface area contributed by atoms with E-state index in [1.165, 1.54) is 4.90 Å². The molecule has 0 aliphatic heterocycles. The van der Waals surface area contributed by atoms with Gasteiger partial charge in [0.15, 0.2) is 0 Å². The summed E-state index contributed by atoms with van der Waals surface area (Å²) < 4.78 is 10.7. The van der Waals surface area contributed by atoms with E-state index in [-0.39, 0.29) is 5.91 Å². The Morgan fingerprint density at radius 2 is 1.93 bits per heavy atom. The molecule has 0 fully saturated rings. The lowest BCUT2D eigenvalue weighted by molar-refractivity contribution is 0.102. The molecule has 30 heavy (non-hydrogen) atoms. The van der Waals surface area contributed by atoms with Gasteiger partial charge < -0.3 is 14.8 Å². The molecule has 7 nitrogen and oxygen atoms in total. The predicted molar refractivity (Wildman–Crippen MR) is 117 cm³/mol. The summed E-state index contributed by atoms with van der Waals surface area (Å²) in [5.41, 5.74) is 2.62. The highest BCUT2D eigenvalue weighted by atomic mass is 32.1. The highest BCUT2D eigenvalue weighted by Gasteiger charge is 2.12. The van der Waals surface area contributed by atoms with E-state index in [9.17, 15) is 9.59 Å². The minimum atomic E-state index is -0.432. The molecule has 0 saturated heterocycles. The number of aryl methyl sites for hydroxylation is 1. The Balaban J connectivity index is 1.61. The van der Waals surface area contributed by atoms with Crippen LogP contribution in [0.1, 0.15) is 28.0 Å². The normalized spacial score (nSPS) is 10.4. The van der Waals surface area contributed by atoms with E-state index in [2.05, 4.69) is 10.3 Å². The number of nitrogens with one attached hydrogen (secondary N) is 1. The molecule has 0 aliphatic carbocycles. The molecular weight excluding hydrogens is 402 g/mol. The molecule has 0 aliphatic rings. The standard InChI is InChI=1S/C22H23N3O4S/c1-4-28-22(27)25(3)19-10-8-17(9-11-19)24-21(26)16-6-5-7-20(12-16)29-13-18-14-30-15(2)23-18/h5-12,14H,4,13H2,1-3H3,(H,24,26). The molecule has 8 heteroatoms. The molecule has 3 rings (SSSR count). The van der Waals surface area contributed by atoms with Crippen LogP contribution in [-0.4, -0.2) is 30.6 Å². The first-order valence-electron chi connectivity index (χ1n) is 9.42. The van der Waals surface area contributed by atoms with Crippen LogP contribution in [0.5, 0.6) is 5.75 Å². The van der Waals surface area contributed by atoms with Crippen molar-refractivity contribution in [2.75, 3.05) is 23.9 Å². The number of hydrogen-bond donors (Lipinski definition) is 1. The third-order valence-corrected chi connectivity index (χ3v) is 5.03. The predicted octanol–water partition coefficient (Wildman–Crippen LogP) is 4.88. The Kier molecular flexibility index (Phi) is 7.03. The Bertz CT molecular complexity index is 1020. The molecule has 2 amide bonds. The largest absolute Gasteiger partial charge is 0.487 e. The van der Waals surface area contributed by atoms with Crippen molar-refractivity contribution in [3.8, 4) is 5.75 Å². The van der Waals surface area contributed by atoms with E-state index in [0.717, 1.165) is 10.7 Å². The summed E-state index contributed by atoms with van der Waals surface area (Å²) in [5, 5.41) is 5.78. The molecule has 3 aromatic rings. The molecule has 0 radical (unpaired) electrons.